The fourth-order valence-corrected chi connectivity index (χ4v) is 4.89. The van der Waals surface area contributed by atoms with E-state index >= 15 is 0 Å². The molecule has 1 aliphatic rings. The van der Waals surface area contributed by atoms with E-state index < -0.39 is 10.0 Å². The van der Waals surface area contributed by atoms with Crippen LogP contribution in [0.4, 0.5) is 0 Å². The number of nitrogens with zero attached hydrogens (tertiary/aromatic N) is 2. The minimum atomic E-state index is -3.58. The van der Waals surface area contributed by atoms with Crippen molar-refractivity contribution in [3.63, 3.8) is 0 Å². The number of thiophene rings is 1. The van der Waals surface area contributed by atoms with Crippen LogP contribution in [0.2, 0.25) is 0 Å². The Bertz CT molecular complexity index is 892. The average Bonchev–Trinajstić information content (AvgIpc) is 3.23. The van der Waals surface area contributed by atoms with Gasteiger partial charge in [-0.2, -0.15) is 0 Å². The molecule has 0 radical (unpaired) electrons. The highest BCUT2D eigenvalue weighted by atomic mass is 32.2. The summed E-state index contributed by atoms with van der Waals surface area (Å²) >= 11 is 1.66. The van der Waals surface area contributed by atoms with E-state index in [0.29, 0.717) is 25.3 Å². The van der Waals surface area contributed by atoms with Crippen molar-refractivity contribution in [3.8, 4) is 0 Å². The fraction of sp³-hybridized carbons (Fsp3) is 0.421. The number of benzene rings is 1. The predicted molar refractivity (Wildman–Crippen MR) is 109 cm³/mol. The van der Waals surface area contributed by atoms with Crippen molar-refractivity contribution < 1.29 is 17.9 Å². The zero-order chi connectivity index (χ0) is 20.1. The van der Waals surface area contributed by atoms with Gasteiger partial charge >= 0.3 is 0 Å². The summed E-state index contributed by atoms with van der Waals surface area (Å²) in [5.74, 6) is -0.286. The van der Waals surface area contributed by atoms with E-state index in [0.717, 1.165) is 17.4 Å². The molecule has 152 valence electrons. The molecule has 3 rings (SSSR count). The van der Waals surface area contributed by atoms with E-state index in [1.54, 1.807) is 23.5 Å². The van der Waals surface area contributed by atoms with Crippen LogP contribution >= 0.6 is 11.3 Å². The molecule has 1 amide bonds. The van der Waals surface area contributed by atoms with Gasteiger partial charge in [-0.3, -0.25) is 9.69 Å². The molecule has 0 aliphatic carbocycles. The summed E-state index contributed by atoms with van der Waals surface area (Å²) in [5.41, 5.74) is 0.329. The molecule has 1 N–H and O–H groups in total. The van der Waals surface area contributed by atoms with Crippen LogP contribution in [0.5, 0.6) is 0 Å². The molecule has 1 fully saturated rings. The molecular weight excluding hydrogens is 398 g/mol. The van der Waals surface area contributed by atoms with Crippen molar-refractivity contribution in [2.24, 2.45) is 0 Å². The van der Waals surface area contributed by atoms with Crippen LogP contribution in [-0.4, -0.2) is 70.5 Å². The van der Waals surface area contributed by atoms with Gasteiger partial charge in [0.1, 0.15) is 0 Å². The smallest absolute Gasteiger partial charge is 0.251 e. The third kappa shape index (κ3) is 4.79. The number of hydrogen-bond donors (Lipinski definition) is 1. The standard InChI is InChI=1S/C19H25N3O4S2/c1-21(2)28(24,25)16-6-3-5-15(13-16)19(23)20-14-17(18-7-4-12-27-18)22-8-10-26-11-9-22/h3-7,12-13,17H,8-11,14H2,1-2H3,(H,20,23). The lowest BCUT2D eigenvalue weighted by atomic mass is 10.1. The second kappa shape index (κ2) is 9.15. The molecule has 2 heterocycles. The Morgan fingerprint density at radius 1 is 1.25 bits per heavy atom. The molecule has 0 saturated carbocycles. The Kier molecular flexibility index (Phi) is 6.84. The van der Waals surface area contributed by atoms with Gasteiger partial charge in [-0.05, 0) is 29.6 Å². The molecule has 1 unspecified atom stereocenters. The number of carbonyl (C=O) groups is 1. The number of sulfonamides is 1. The van der Waals surface area contributed by atoms with E-state index in [2.05, 4.69) is 16.3 Å². The van der Waals surface area contributed by atoms with Gasteiger partial charge in [0, 0.05) is 44.2 Å². The summed E-state index contributed by atoms with van der Waals surface area (Å²) in [5, 5.41) is 5.00. The summed E-state index contributed by atoms with van der Waals surface area (Å²) in [6, 6.07) is 10.3. The fourth-order valence-electron chi connectivity index (χ4n) is 3.08. The van der Waals surface area contributed by atoms with Gasteiger partial charge in [0.15, 0.2) is 0 Å². The van der Waals surface area contributed by atoms with Crippen molar-refractivity contribution >= 4 is 27.3 Å². The van der Waals surface area contributed by atoms with E-state index in [1.165, 1.54) is 31.1 Å². The van der Waals surface area contributed by atoms with Crippen LogP contribution < -0.4 is 5.32 Å². The third-order valence-electron chi connectivity index (χ3n) is 4.69. The number of hydrogen-bond acceptors (Lipinski definition) is 6. The second-order valence-electron chi connectivity index (χ2n) is 6.70. The van der Waals surface area contributed by atoms with Crippen molar-refractivity contribution in [1.29, 1.82) is 0 Å². The largest absolute Gasteiger partial charge is 0.379 e. The third-order valence-corrected chi connectivity index (χ3v) is 7.47. The highest BCUT2D eigenvalue weighted by Gasteiger charge is 2.24. The van der Waals surface area contributed by atoms with Gasteiger partial charge in [-0.1, -0.05) is 12.1 Å². The lowest BCUT2D eigenvalue weighted by Gasteiger charge is -2.34. The molecule has 2 aromatic rings. The maximum atomic E-state index is 12.7. The Balaban J connectivity index is 1.73. The molecule has 1 saturated heterocycles. The van der Waals surface area contributed by atoms with Crippen LogP contribution in [0.15, 0.2) is 46.7 Å². The lowest BCUT2D eigenvalue weighted by molar-refractivity contribution is 0.0169. The number of rotatable bonds is 7. The van der Waals surface area contributed by atoms with E-state index in [4.69, 9.17) is 4.74 Å². The van der Waals surface area contributed by atoms with Crippen LogP contribution in [0, 0.1) is 0 Å². The molecule has 1 aliphatic heterocycles. The topological polar surface area (TPSA) is 79.0 Å². The number of amides is 1. The van der Waals surface area contributed by atoms with Crippen molar-refractivity contribution in [3.05, 3.63) is 52.2 Å². The maximum absolute atomic E-state index is 12.7. The highest BCUT2D eigenvalue weighted by molar-refractivity contribution is 7.89. The van der Waals surface area contributed by atoms with Crippen molar-refractivity contribution in [2.75, 3.05) is 46.9 Å². The first-order chi connectivity index (χ1) is 13.4. The zero-order valence-electron chi connectivity index (χ0n) is 16.0. The quantitative estimate of drug-likeness (QED) is 0.735. The summed E-state index contributed by atoms with van der Waals surface area (Å²) < 4.78 is 31.2. The normalized spacial score (nSPS) is 16.8. The molecule has 1 aromatic heterocycles. The summed E-state index contributed by atoms with van der Waals surface area (Å²) in [7, 11) is -0.647. The first-order valence-corrected chi connectivity index (χ1v) is 11.4. The van der Waals surface area contributed by atoms with Gasteiger partial charge in [-0.15, -0.1) is 11.3 Å². The first-order valence-electron chi connectivity index (χ1n) is 9.05. The Morgan fingerprint density at radius 3 is 2.64 bits per heavy atom. The lowest BCUT2D eigenvalue weighted by Crippen LogP contribution is -2.43. The van der Waals surface area contributed by atoms with E-state index in [1.807, 2.05) is 11.4 Å². The molecule has 28 heavy (non-hydrogen) atoms. The Morgan fingerprint density at radius 2 is 2.00 bits per heavy atom. The van der Waals surface area contributed by atoms with Gasteiger partial charge in [0.05, 0.1) is 24.2 Å². The number of nitrogens with one attached hydrogen (secondary N) is 1. The maximum Gasteiger partial charge on any atom is 0.251 e. The number of carbonyl (C=O) groups excluding carboxylic acids is 1. The monoisotopic (exact) mass is 423 g/mol. The Hall–Kier alpha value is -1.78. The van der Waals surface area contributed by atoms with Gasteiger partial charge in [0.25, 0.3) is 5.91 Å². The number of morpholine rings is 1. The van der Waals surface area contributed by atoms with Crippen LogP contribution in [0.1, 0.15) is 21.3 Å². The van der Waals surface area contributed by atoms with E-state index in [9.17, 15) is 13.2 Å². The average molecular weight is 424 g/mol. The molecule has 1 aromatic carbocycles. The summed E-state index contributed by atoms with van der Waals surface area (Å²) in [6.07, 6.45) is 0. The van der Waals surface area contributed by atoms with Gasteiger partial charge < -0.3 is 10.1 Å². The van der Waals surface area contributed by atoms with Crippen LogP contribution in [0.25, 0.3) is 0 Å². The van der Waals surface area contributed by atoms with Crippen molar-refractivity contribution in [2.45, 2.75) is 10.9 Å². The SMILES string of the molecule is CN(C)S(=O)(=O)c1cccc(C(=O)NCC(c2cccs2)N2CCOCC2)c1. The van der Waals surface area contributed by atoms with E-state index in [-0.39, 0.29) is 16.8 Å². The Labute approximate surface area is 170 Å². The second-order valence-corrected chi connectivity index (χ2v) is 9.84. The van der Waals surface area contributed by atoms with Gasteiger partial charge in [0.2, 0.25) is 10.0 Å². The zero-order valence-corrected chi connectivity index (χ0v) is 17.6. The minimum absolute atomic E-state index is 0.0709. The molecular formula is C19H25N3O4S2. The molecule has 1 atom stereocenters. The molecule has 9 heteroatoms. The summed E-state index contributed by atoms with van der Waals surface area (Å²) in [4.78, 5) is 16.3. The first kappa shape index (κ1) is 20.9. The molecule has 0 bridgehead atoms. The molecule has 7 nitrogen and oxygen atoms in total. The van der Waals surface area contributed by atoms with Crippen LogP contribution in [-0.2, 0) is 14.8 Å². The predicted octanol–water partition coefficient (Wildman–Crippen LogP) is 1.80. The number of ether oxygens (including phenoxy) is 1. The summed E-state index contributed by atoms with van der Waals surface area (Å²) in [6.45, 7) is 3.44. The van der Waals surface area contributed by atoms with Crippen LogP contribution in [0.3, 0.4) is 0 Å². The highest BCUT2D eigenvalue weighted by Crippen LogP contribution is 2.25. The minimum Gasteiger partial charge on any atom is -0.379 e. The molecule has 0 spiro atoms. The van der Waals surface area contributed by atoms with Crippen molar-refractivity contribution in [1.82, 2.24) is 14.5 Å². The van der Waals surface area contributed by atoms with Gasteiger partial charge in [-0.25, -0.2) is 12.7 Å².